The van der Waals surface area contributed by atoms with E-state index in [1.54, 1.807) is 30.6 Å². The van der Waals surface area contributed by atoms with Crippen LogP contribution in [0.4, 0.5) is 5.82 Å². The predicted molar refractivity (Wildman–Crippen MR) is 135 cm³/mol. The number of amides is 1. The summed E-state index contributed by atoms with van der Waals surface area (Å²) >= 11 is 0. The number of benzene rings is 1. The number of aromatic nitrogens is 4. The lowest BCUT2D eigenvalue weighted by Crippen LogP contribution is -2.59. The summed E-state index contributed by atoms with van der Waals surface area (Å²) in [6, 6.07) is 8.86. The topological polar surface area (TPSA) is 193 Å². The number of hydrogen-bond donors (Lipinski definition) is 4. The Kier molecular flexibility index (Phi) is 8.19. The van der Waals surface area contributed by atoms with Gasteiger partial charge in [-0.15, -0.1) is 0 Å². The SMILES string of the molecule is COC(=O)[C@@](C)(NOCc1ccccc1)C(=O)NP(=O)(O)OCC1C=CC(n2cnc3c(N)ncnc32)C1. The Morgan fingerprint density at radius 2 is 2.00 bits per heavy atom. The molecule has 0 aliphatic heterocycles. The number of nitrogen functional groups attached to an aromatic ring is 1. The number of hydroxylamine groups is 1. The Labute approximate surface area is 217 Å². The fraction of sp³-hybridized carbons (Fsp3) is 0.348. The highest BCUT2D eigenvalue weighted by Gasteiger charge is 2.46. The maximum absolute atomic E-state index is 12.9. The molecule has 14 nitrogen and oxygen atoms in total. The van der Waals surface area contributed by atoms with E-state index in [1.807, 2.05) is 27.9 Å². The molecule has 0 radical (unpaired) electrons. The van der Waals surface area contributed by atoms with Gasteiger partial charge in [-0.3, -0.25) is 19.2 Å². The van der Waals surface area contributed by atoms with Crippen LogP contribution in [0, 0.1) is 5.92 Å². The van der Waals surface area contributed by atoms with Gasteiger partial charge in [-0.1, -0.05) is 42.5 Å². The molecule has 2 heterocycles. The minimum atomic E-state index is -4.66. The molecule has 1 aliphatic rings. The fourth-order valence-corrected chi connectivity index (χ4v) is 4.83. The number of nitrogens with one attached hydrogen (secondary N) is 2. The number of nitrogens with zero attached hydrogens (tertiary/aromatic N) is 4. The quantitative estimate of drug-likeness (QED) is 0.0891. The first kappa shape index (κ1) is 27.4. The van der Waals surface area contributed by atoms with Crippen molar-refractivity contribution in [3.8, 4) is 0 Å². The zero-order valence-electron chi connectivity index (χ0n) is 20.7. The van der Waals surface area contributed by atoms with Gasteiger partial charge in [0.2, 0.25) is 5.54 Å². The maximum atomic E-state index is 12.9. The number of carbonyl (C=O) groups excluding carboxylic acids is 2. The molecular formula is C23H28N7O7P. The van der Waals surface area contributed by atoms with E-state index in [0.717, 1.165) is 19.6 Å². The van der Waals surface area contributed by atoms with Crippen molar-refractivity contribution in [2.75, 3.05) is 19.5 Å². The van der Waals surface area contributed by atoms with Gasteiger partial charge in [-0.05, 0) is 18.9 Å². The lowest BCUT2D eigenvalue weighted by Gasteiger charge is -2.27. The second-order valence-electron chi connectivity index (χ2n) is 8.78. The van der Waals surface area contributed by atoms with Gasteiger partial charge in [0.05, 0.1) is 32.7 Å². The van der Waals surface area contributed by atoms with Crippen LogP contribution >= 0.6 is 7.75 Å². The number of rotatable bonds is 11. The fourth-order valence-electron chi connectivity index (χ4n) is 3.89. The van der Waals surface area contributed by atoms with Gasteiger partial charge in [-0.2, -0.15) is 5.48 Å². The molecule has 0 fully saturated rings. The van der Waals surface area contributed by atoms with Gasteiger partial charge in [-0.25, -0.2) is 24.3 Å². The number of hydrogen-bond acceptors (Lipinski definition) is 11. The second kappa shape index (κ2) is 11.4. The molecule has 15 heteroatoms. The van der Waals surface area contributed by atoms with Crippen LogP contribution in [-0.2, 0) is 34.9 Å². The molecule has 0 saturated heterocycles. The van der Waals surface area contributed by atoms with E-state index in [9.17, 15) is 19.0 Å². The van der Waals surface area contributed by atoms with Crippen molar-refractivity contribution in [3.63, 3.8) is 0 Å². The van der Waals surface area contributed by atoms with Crippen LogP contribution in [0.2, 0.25) is 0 Å². The van der Waals surface area contributed by atoms with E-state index < -0.39 is 25.2 Å². The molecule has 4 rings (SSSR count). The third kappa shape index (κ3) is 6.06. The third-order valence-corrected chi connectivity index (χ3v) is 6.99. The number of esters is 1. The number of allylic oxidation sites excluding steroid dienone is 1. The monoisotopic (exact) mass is 545 g/mol. The van der Waals surface area contributed by atoms with Crippen molar-refractivity contribution in [2.24, 2.45) is 5.92 Å². The highest BCUT2D eigenvalue weighted by molar-refractivity contribution is 7.51. The molecule has 3 unspecified atom stereocenters. The molecular weight excluding hydrogens is 517 g/mol. The van der Waals surface area contributed by atoms with E-state index in [4.69, 9.17) is 19.8 Å². The van der Waals surface area contributed by atoms with Crippen molar-refractivity contribution in [1.82, 2.24) is 30.1 Å². The number of nitrogens with two attached hydrogens (primary N) is 1. The van der Waals surface area contributed by atoms with Crippen LogP contribution in [0.5, 0.6) is 0 Å². The molecule has 1 aliphatic carbocycles. The van der Waals surface area contributed by atoms with Gasteiger partial charge in [0.1, 0.15) is 11.8 Å². The summed E-state index contributed by atoms with van der Waals surface area (Å²) in [6.45, 7) is 1.01. The van der Waals surface area contributed by atoms with Crippen molar-refractivity contribution in [1.29, 1.82) is 0 Å². The van der Waals surface area contributed by atoms with E-state index in [2.05, 4.69) is 20.4 Å². The predicted octanol–water partition coefficient (Wildman–Crippen LogP) is 1.41. The number of carbonyl (C=O) groups is 2. The third-order valence-electron chi connectivity index (χ3n) is 6.01. The van der Waals surface area contributed by atoms with Crippen LogP contribution in [-0.4, -0.2) is 55.5 Å². The van der Waals surface area contributed by atoms with E-state index in [1.165, 1.54) is 6.33 Å². The van der Waals surface area contributed by atoms with Gasteiger partial charge in [0.25, 0.3) is 5.91 Å². The molecule has 5 N–H and O–H groups in total. The summed E-state index contributed by atoms with van der Waals surface area (Å²) in [4.78, 5) is 53.2. The minimum absolute atomic E-state index is 0.0218. The summed E-state index contributed by atoms with van der Waals surface area (Å²) in [5.74, 6) is -2.16. The van der Waals surface area contributed by atoms with Crippen LogP contribution < -0.4 is 16.3 Å². The average molecular weight is 545 g/mol. The summed E-state index contributed by atoms with van der Waals surface area (Å²) in [6.07, 6.45) is 7.21. The lowest BCUT2D eigenvalue weighted by molar-refractivity contribution is -0.162. The van der Waals surface area contributed by atoms with E-state index >= 15 is 0 Å². The summed E-state index contributed by atoms with van der Waals surface area (Å²) < 4.78 is 24.4. The number of imidazole rings is 1. The van der Waals surface area contributed by atoms with Crippen LogP contribution in [0.1, 0.15) is 24.9 Å². The normalized spacial score (nSPS) is 20.1. The van der Waals surface area contributed by atoms with Crippen LogP contribution in [0.15, 0.2) is 55.1 Å². The highest BCUT2D eigenvalue weighted by atomic mass is 31.2. The van der Waals surface area contributed by atoms with Crippen LogP contribution in [0.3, 0.4) is 0 Å². The Balaban J connectivity index is 1.33. The van der Waals surface area contributed by atoms with Crippen molar-refractivity contribution in [2.45, 2.75) is 31.5 Å². The zero-order chi connectivity index (χ0) is 27.3. The number of methoxy groups -OCH3 is 1. The van der Waals surface area contributed by atoms with Crippen molar-refractivity contribution in [3.05, 3.63) is 60.7 Å². The number of anilines is 1. The van der Waals surface area contributed by atoms with E-state index in [-0.39, 0.29) is 31.0 Å². The number of ether oxygens (including phenoxy) is 1. The molecule has 0 saturated carbocycles. The maximum Gasteiger partial charge on any atom is 0.432 e. The molecule has 38 heavy (non-hydrogen) atoms. The Bertz CT molecular complexity index is 1380. The van der Waals surface area contributed by atoms with Gasteiger partial charge >= 0.3 is 13.7 Å². The van der Waals surface area contributed by atoms with Crippen molar-refractivity contribution < 1.29 is 33.1 Å². The Hall–Kier alpha value is -3.68. The largest absolute Gasteiger partial charge is 0.467 e. The van der Waals surface area contributed by atoms with Gasteiger partial charge in [0, 0.05) is 5.92 Å². The zero-order valence-corrected chi connectivity index (χ0v) is 21.6. The van der Waals surface area contributed by atoms with Crippen LogP contribution in [0.25, 0.3) is 11.2 Å². The Morgan fingerprint density at radius 1 is 1.24 bits per heavy atom. The summed E-state index contributed by atoms with van der Waals surface area (Å²) in [7, 11) is -3.58. The molecule has 3 aromatic rings. The first-order valence-electron chi connectivity index (χ1n) is 11.6. The minimum Gasteiger partial charge on any atom is -0.467 e. The standard InChI is InChI=1S/C23H28N7O7P/c1-23(22(32)35-2,29-36-11-15-6-4-3-5-7-15)21(31)28-38(33,34)37-12-16-8-9-17(10-16)30-14-27-18-19(24)25-13-26-20(18)30/h3-9,13-14,16-17,29H,10-12H2,1-2H3,(H2,24,25,26)(H2,28,31,33,34)/t16?,17?,23-/m0/s1. The first-order chi connectivity index (χ1) is 18.1. The van der Waals surface area contributed by atoms with Crippen molar-refractivity contribution >= 4 is 36.6 Å². The van der Waals surface area contributed by atoms with Gasteiger partial charge in [0.15, 0.2) is 11.5 Å². The molecule has 2 aromatic heterocycles. The lowest BCUT2D eigenvalue weighted by atomic mass is 10.0. The second-order valence-corrected chi connectivity index (χ2v) is 10.3. The Morgan fingerprint density at radius 3 is 2.74 bits per heavy atom. The molecule has 1 amide bonds. The number of fused-ring (bicyclic) bond motifs is 1. The van der Waals surface area contributed by atoms with E-state index in [0.29, 0.717) is 17.6 Å². The summed E-state index contributed by atoms with van der Waals surface area (Å²) in [5.41, 5.74) is 7.88. The smallest absolute Gasteiger partial charge is 0.432 e. The average Bonchev–Trinajstić information content (AvgIpc) is 3.55. The summed E-state index contributed by atoms with van der Waals surface area (Å²) in [5, 5.41) is 1.89. The molecule has 1 aromatic carbocycles. The first-order valence-corrected chi connectivity index (χ1v) is 13.1. The molecule has 202 valence electrons. The molecule has 0 bridgehead atoms. The molecule has 0 spiro atoms. The highest BCUT2D eigenvalue weighted by Crippen LogP contribution is 2.40. The molecule has 4 atom stereocenters. The van der Waals surface area contributed by atoms with Gasteiger partial charge < -0.3 is 19.9 Å².